The van der Waals surface area contributed by atoms with E-state index >= 15 is 0 Å². The van der Waals surface area contributed by atoms with Crippen LogP contribution in [0.1, 0.15) is 45.7 Å². The van der Waals surface area contributed by atoms with Crippen LogP contribution in [0.5, 0.6) is 0 Å². The predicted molar refractivity (Wildman–Crippen MR) is 99.0 cm³/mol. The molecule has 3 aromatic rings. The summed E-state index contributed by atoms with van der Waals surface area (Å²) in [6.45, 7) is 4.67. The van der Waals surface area contributed by atoms with Gasteiger partial charge in [-0.15, -0.1) is 11.3 Å². The number of thiazole rings is 1. The van der Waals surface area contributed by atoms with Gasteiger partial charge in [0.25, 0.3) is 5.91 Å². The second-order valence-corrected chi connectivity index (χ2v) is 6.92. The summed E-state index contributed by atoms with van der Waals surface area (Å²) in [6.07, 6.45) is 8.50. The molecule has 0 bridgehead atoms. The maximum absolute atomic E-state index is 12.5. The molecule has 0 fully saturated rings. The van der Waals surface area contributed by atoms with E-state index in [0.29, 0.717) is 17.2 Å². The van der Waals surface area contributed by atoms with Crippen molar-refractivity contribution >= 4 is 23.1 Å². The second-order valence-electron chi connectivity index (χ2n) is 5.83. The SMILES string of the molecule is CCCCc1nc(C)c(C(=O)Nc2ccn(Cc3ccncc3)n2)s1. The number of hydrogen-bond donors (Lipinski definition) is 1. The third kappa shape index (κ3) is 4.51. The molecule has 3 rings (SSSR count). The summed E-state index contributed by atoms with van der Waals surface area (Å²) in [5, 5.41) is 8.29. The summed E-state index contributed by atoms with van der Waals surface area (Å²) in [5.41, 5.74) is 1.89. The summed E-state index contributed by atoms with van der Waals surface area (Å²) in [7, 11) is 0. The second kappa shape index (κ2) is 8.02. The van der Waals surface area contributed by atoms with Gasteiger partial charge in [0.15, 0.2) is 5.82 Å². The lowest BCUT2D eigenvalue weighted by Crippen LogP contribution is -2.12. The summed E-state index contributed by atoms with van der Waals surface area (Å²) in [4.78, 5) is 21.7. The van der Waals surface area contributed by atoms with Crippen LogP contribution in [0.2, 0.25) is 0 Å². The van der Waals surface area contributed by atoms with Crippen LogP contribution in [0.3, 0.4) is 0 Å². The number of anilines is 1. The summed E-state index contributed by atoms with van der Waals surface area (Å²) in [5.74, 6) is 0.397. The zero-order valence-corrected chi connectivity index (χ0v) is 15.2. The van der Waals surface area contributed by atoms with E-state index in [2.05, 4.69) is 27.3 Å². The molecule has 0 unspecified atom stereocenters. The van der Waals surface area contributed by atoms with E-state index in [0.717, 1.165) is 35.5 Å². The first kappa shape index (κ1) is 17.3. The van der Waals surface area contributed by atoms with E-state index < -0.39 is 0 Å². The van der Waals surface area contributed by atoms with Crippen molar-refractivity contribution in [1.82, 2.24) is 19.7 Å². The molecule has 0 aliphatic rings. The van der Waals surface area contributed by atoms with Crippen molar-refractivity contribution in [1.29, 1.82) is 0 Å². The van der Waals surface area contributed by atoms with Crippen LogP contribution in [-0.2, 0) is 13.0 Å². The molecular weight excluding hydrogens is 334 g/mol. The van der Waals surface area contributed by atoms with Gasteiger partial charge in [-0.3, -0.25) is 14.5 Å². The molecule has 25 heavy (non-hydrogen) atoms. The molecule has 1 N–H and O–H groups in total. The molecule has 0 aromatic carbocycles. The molecule has 0 saturated carbocycles. The molecule has 3 aromatic heterocycles. The van der Waals surface area contributed by atoms with Gasteiger partial charge < -0.3 is 5.32 Å². The number of amides is 1. The number of unbranched alkanes of at least 4 members (excludes halogenated alkanes) is 1. The largest absolute Gasteiger partial charge is 0.304 e. The number of aromatic nitrogens is 4. The van der Waals surface area contributed by atoms with Gasteiger partial charge in [-0.05, 0) is 37.5 Å². The van der Waals surface area contributed by atoms with Crippen LogP contribution in [0.25, 0.3) is 0 Å². The lowest BCUT2D eigenvalue weighted by atomic mass is 10.3. The number of aryl methyl sites for hydroxylation is 2. The van der Waals surface area contributed by atoms with Gasteiger partial charge in [-0.1, -0.05) is 13.3 Å². The lowest BCUT2D eigenvalue weighted by molar-refractivity contribution is 0.102. The first-order chi connectivity index (χ1) is 12.2. The Kier molecular flexibility index (Phi) is 5.55. The molecule has 130 valence electrons. The Morgan fingerprint density at radius 1 is 1.28 bits per heavy atom. The van der Waals surface area contributed by atoms with Gasteiger partial charge in [0.1, 0.15) is 4.88 Å². The van der Waals surface area contributed by atoms with Crippen LogP contribution in [0, 0.1) is 6.92 Å². The number of nitrogens with zero attached hydrogens (tertiary/aromatic N) is 4. The van der Waals surface area contributed by atoms with Crippen LogP contribution < -0.4 is 5.32 Å². The van der Waals surface area contributed by atoms with Gasteiger partial charge >= 0.3 is 0 Å². The summed E-state index contributed by atoms with van der Waals surface area (Å²) >= 11 is 1.47. The Morgan fingerprint density at radius 2 is 2.08 bits per heavy atom. The fraction of sp³-hybridized carbons (Fsp3) is 0.333. The number of carbonyl (C=O) groups is 1. The average molecular weight is 355 g/mol. The zero-order chi connectivity index (χ0) is 17.6. The molecule has 0 spiro atoms. The third-order valence-corrected chi connectivity index (χ3v) is 4.98. The summed E-state index contributed by atoms with van der Waals surface area (Å²) < 4.78 is 1.79. The molecule has 0 saturated heterocycles. The topological polar surface area (TPSA) is 72.7 Å². The Balaban J connectivity index is 1.64. The zero-order valence-electron chi connectivity index (χ0n) is 14.4. The molecule has 0 atom stereocenters. The fourth-order valence-corrected chi connectivity index (χ4v) is 3.46. The van der Waals surface area contributed by atoms with Crippen molar-refractivity contribution < 1.29 is 4.79 Å². The highest BCUT2D eigenvalue weighted by Gasteiger charge is 2.16. The van der Waals surface area contributed by atoms with Gasteiger partial charge in [-0.25, -0.2) is 4.98 Å². The Bertz CT molecular complexity index is 840. The van der Waals surface area contributed by atoms with Crippen molar-refractivity contribution in [2.45, 2.75) is 39.7 Å². The molecular formula is C18H21N5OS. The van der Waals surface area contributed by atoms with Crippen LogP contribution >= 0.6 is 11.3 Å². The quantitative estimate of drug-likeness (QED) is 0.701. The Morgan fingerprint density at radius 3 is 2.84 bits per heavy atom. The highest BCUT2D eigenvalue weighted by Crippen LogP contribution is 2.21. The van der Waals surface area contributed by atoms with Crippen molar-refractivity contribution in [3.63, 3.8) is 0 Å². The minimum atomic E-state index is -0.146. The van der Waals surface area contributed by atoms with Crippen LogP contribution in [-0.4, -0.2) is 25.7 Å². The first-order valence-electron chi connectivity index (χ1n) is 8.35. The minimum absolute atomic E-state index is 0.146. The maximum atomic E-state index is 12.5. The van der Waals surface area contributed by atoms with Crippen LogP contribution in [0.15, 0.2) is 36.8 Å². The summed E-state index contributed by atoms with van der Waals surface area (Å²) in [6, 6.07) is 5.68. The molecule has 7 heteroatoms. The van der Waals surface area contributed by atoms with Gasteiger partial charge in [0.05, 0.1) is 17.2 Å². The molecule has 3 heterocycles. The van der Waals surface area contributed by atoms with Gasteiger partial charge in [0, 0.05) is 24.7 Å². The maximum Gasteiger partial charge on any atom is 0.268 e. The molecule has 6 nitrogen and oxygen atoms in total. The van der Waals surface area contributed by atoms with E-state index in [4.69, 9.17) is 0 Å². The average Bonchev–Trinajstić information content (AvgIpc) is 3.20. The Hall–Kier alpha value is -2.54. The monoisotopic (exact) mass is 355 g/mol. The number of pyridine rings is 1. The predicted octanol–water partition coefficient (Wildman–Crippen LogP) is 3.69. The number of carbonyl (C=O) groups excluding carboxylic acids is 1. The highest BCUT2D eigenvalue weighted by molar-refractivity contribution is 7.13. The molecule has 1 amide bonds. The lowest BCUT2D eigenvalue weighted by Gasteiger charge is -2.02. The molecule has 0 aliphatic heterocycles. The number of hydrogen-bond acceptors (Lipinski definition) is 5. The van der Waals surface area contributed by atoms with E-state index in [1.165, 1.54) is 11.3 Å². The Labute approximate surface area is 150 Å². The molecule has 0 aliphatic carbocycles. The van der Waals surface area contributed by atoms with Gasteiger partial charge in [-0.2, -0.15) is 5.10 Å². The van der Waals surface area contributed by atoms with E-state index in [-0.39, 0.29) is 5.91 Å². The first-order valence-corrected chi connectivity index (χ1v) is 9.17. The highest BCUT2D eigenvalue weighted by atomic mass is 32.1. The van der Waals surface area contributed by atoms with E-state index in [1.807, 2.05) is 25.3 Å². The van der Waals surface area contributed by atoms with E-state index in [9.17, 15) is 4.79 Å². The van der Waals surface area contributed by atoms with Crippen molar-refractivity contribution in [2.24, 2.45) is 0 Å². The number of nitrogens with one attached hydrogen (secondary N) is 1. The normalized spacial score (nSPS) is 10.8. The van der Waals surface area contributed by atoms with Gasteiger partial charge in [0.2, 0.25) is 0 Å². The smallest absolute Gasteiger partial charge is 0.268 e. The van der Waals surface area contributed by atoms with Crippen molar-refractivity contribution in [3.8, 4) is 0 Å². The third-order valence-electron chi connectivity index (χ3n) is 3.77. The van der Waals surface area contributed by atoms with Crippen LogP contribution in [0.4, 0.5) is 5.82 Å². The van der Waals surface area contributed by atoms with E-state index in [1.54, 1.807) is 23.1 Å². The minimum Gasteiger partial charge on any atom is -0.304 e. The molecule has 0 radical (unpaired) electrons. The standard InChI is InChI=1S/C18H21N5OS/c1-3-4-5-16-20-13(2)17(25-16)18(24)21-15-8-11-23(22-15)12-14-6-9-19-10-7-14/h6-11H,3-5,12H2,1-2H3,(H,21,22,24). The van der Waals surface area contributed by atoms with Crippen molar-refractivity contribution in [2.75, 3.05) is 5.32 Å². The fourth-order valence-electron chi connectivity index (χ4n) is 2.46. The number of rotatable bonds is 7. The van der Waals surface area contributed by atoms with Crippen molar-refractivity contribution in [3.05, 3.63) is 57.9 Å².